The summed E-state index contributed by atoms with van der Waals surface area (Å²) in [4.78, 5) is 13.3. The topological polar surface area (TPSA) is 52.6 Å². The van der Waals surface area contributed by atoms with Gasteiger partial charge >= 0.3 is 0 Å². The van der Waals surface area contributed by atoms with Crippen LogP contribution in [0.2, 0.25) is 5.02 Å². The average Bonchev–Trinajstić information content (AvgIpc) is 2.83. The zero-order chi connectivity index (χ0) is 23.5. The van der Waals surface area contributed by atoms with Gasteiger partial charge in [-0.15, -0.1) is 0 Å². The van der Waals surface area contributed by atoms with Gasteiger partial charge in [-0.05, 0) is 53.6 Å². The Morgan fingerprint density at radius 2 is 1.91 bits per heavy atom. The molecule has 3 aromatic rings. The van der Waals surface area contributed by atoms with Gasteiger partial charge in [-0.3, -0.25) is 4.79 Å². The molecule has 33 heavy (non-hydrogen) atoms. The molecule has 3 aromatic carbocycles. The molecule has 1 aliphatic rings. The van der Waals surface area contributed by atoms with Gasteiger partial charge in [-0.25, -0.2) is 4.39 Å². The van der Waals surface area contributed by atoms with E-state index in [0.717, 1.165) is 11.3 Å². The van der Waals surface area contributed by atoms with Crippen LogP contribution in [-0.2, 0) is 17.8 Å². The fourth-order valence-electron chi connectivity index (χ4n) is 3.38. The fourth-order valence-corrected chi connectivity index (χ4v) is 4.71. The first-order valence-electron chi connectivity index (χ1n) is 10.0. The first-order valence-corrected chi connectivity index (χ1v) is 11.5. The molecule has 4 rings (SSSR count). The van der Waals surface area contributed by atoms with Crippen molar-refractivity contribution in [2.45, 2.75) is 6.42 Å². The number of ketones is 1. The van der Waals surface area contributed by atoms with Crippen LogP contribution in [0.3, 0.4) is 0 Å². The molecule has 1 aliphatic heterocycles. The molecular weight excluding hydrogens is 461 g/mol. The first-order chi connectivity index (χ1) is 15.9. The Labute approximate surface area is 200 Å². The SMILES string of the molecule is COc1ccc(CC#Cc2ccc3c(c2)C(=O)/C(=C\c2ccc(F)c(Cl)c2)[S+]([O-])N3C)cc1. The molecule has 0 amide bonds. The molecule has 0 aliphatic carbocycles. The van der Waals surface area contributed by atoms with Crippen LogP contribution in [0, 0.1) is 17.7 Å². The zero-order valence-electron chi connectivity index (χ0n) is 17.9. The van der Waals surface area contributed by atoms with E-state index >= 15 is 0 Å². The molecule has 0 fully saturated rings. The van der Waals surface area contributed by atoms with Crippen LogP contribution in [0.1, 0.15) is 27.0 Å². The predicted molar refractivity (Wildman–Crippen MR) is 130 cm³/mol. The van der Waals surface area contributed by atoms with Crippen molar-refractivity contribution in [3.63, 3.8) is 0 Å². The second kappa shape index (κ2) is 9.72. The highest BCUT2D eigenvalue weighted by atomic mass is 35.5. The number of carbonyl (C=O) groups excluding carboxylic acids is 1. The Bertz CT molecular complexity index is 1310. The number of ether oxygens (including phenoxy) is 1. The smallest absolute Gasteiger partial charge is 0.245 e. The molecule has 166 valence electrons. The van der Waals surface area contributed by atoms with Crippen LogP contribution >= 0.6 is 11.6 Å². The van der Waals surface area contributed by atoms with Crippen molar-refractivity contribution in [1.82, 2.24) is 0 Å². The summed E-state index contributed by atoms with van der Waals surface area (Å²) >= 11 is 4.14. The lowest BCUT2D eigenvalue weighted by molar-refractivity contribution is 0.104. The second-order valence-corrected chi connectivity index (χ2v) is 9.21. The molecule has 7 heteroatoms. The van der Waals surface area contributed by atoms with E-state index in [1.54, 1.807) is 32.4 Å². The minimum atomic E-state index is -1.70. The summed E-state index contributed by atoms with van der Waals surface area (Å²) in [5.41, 5.74) is 3.20. The van der Waals surface area contributed by atoms with E-state index < -0.39 is 17.2 Å². The number of allylic oxidation sites excluding steroid dienone is 1. The zero-order valence-corrected chi connectivity index (χ0v) is 19.5. The minimum absolute atomic E-state index is 0.0680. The van der Waals surface area contributed by atoms with Crippen LogP contribution in [0.25, 0.3) is 6.08 Å². The van der Waals surface area contributed by atoms with E-state index in [2.05, 4.69) is 11.8 Å². The highest BCUT2D eigenvalue weighted by Crippen LogP contribution is 2.35. The number of halogens is 2. The fraction of sp³-hybridized carbons (Fsp3) is 0.115. The number of carbonyl (C=O) groups is 1. The van der Waals surface area contributed by atoms with Gasteiger partial charge < -0.3 is 9.29 Å². The molecule has 4 nitrogen and oxygen atoms in total. The van der Waals surface area contributed by atoms with E-state index in [-0.39, 0.29) is 15.7 Å². The number of fused-ring (bicyclic) bond motifs is 1. The number of methoxy groups -OCH3 is 1. The third-order valence-corrected chi connectivity index (χ3v) is 6.83. The molecule has 0 saturated heterocycles. The largest absolute Gasteiger partial charge is 0.588 e. The van der Waals surface area contributed by atoms with Crippen molar-refractivity contribution < 1.29 is 18.5 Å². The number of nitrogens with zero attached hydrogens (tertiary/aromatic N) is 1. The summed E-state index contributed by atoms with van der Waals surface area (Å²) in [5.74, 6) is 6.07. The molecule has 0 radical (unpaired) electrons. The van der Waals surface area contributed by atoms with Crippen LogP contribution in [0.5, 0.6) is 5.75 Å². The number of benzene rings is 3. The summed E-state index contributed by atoms with van der Waals surface area (Å²) in [6.45, 7) is 0. The Morgan fingerprint density at radius 3 is 2.61 bits per heavy atom. The third kappa shape index (κ3) is 4.91. The lowest BCUT2D eigenvalue weighted by Gasteiger charge is -2.29. The maximum Gasteiger partial charge on any atom is 0.245 e. The quantitative estimate of drug-likeness (QED) is 0.286. The van der Waals surface area contributed by atoms with Crippen molar-refractivity contribution in [3.8, 4) is 17.6 Å². The molecule has 0 bridgehead atoms. The van der Waals surface area contributed by atoms with Crippen molar-refractivity contribution >= 4 is 40.5 Å². The van der Waals surface area contributed by atoms with Crippen LogP contribution in [0.15, 0.2) is 65.6 Å². The van der Waals surface area contributed by atoms with Gasteiger partial charge in [0.25, 0.3) is 0 Å². The molecule has 0 saturated carbocycles. The molecule has 1 heterocycles. The van der Waals surface area contributed by atoms with Gasteiger partial charge in [0, 0.05) is 18.1 Å². The van der Waals surface area contributed by atoms with Crippen molar-refractivity contribution in [1.29, 1.82) is 0 Å². The van der Waals surface area contributed by atoms with Crippen LogP contribution < -0.4 is 9.04 Å². The lowest BCUT2D eigenvalue weighted by atomic mass is 10.0. The predicted octanol–water partition coefficient (Wildman–Crippen LogP) is 5.42. The molecular formula is C26H19ClFNO3S. The first kappa shape index (κ1) is 22.9. The highest BCUT2D eigenvalue weighted by Gasteiger charge is 2.38. The number of Topliss-reactive ketones (excluding diaryl/α,β-unsaturated/α-hetero) is 1. The van der Waals surface area contributed by atoms with E-state index in [9.17, 15) is 13.7 Å². The van der Waals surface area contributed by atoms with Crippen LogP contribution in [-0.4, -0.2) is 24.5 Å². The maximum atomic E-state index is 13.5. The van der Waals surface area contributed by atoms with Crippen molar-refractivity contribution in [2.24, 2.45) is 0 Å². The standard InChI is InChI=1S/C26H19ClFNO3S/c1-29-24-13-9-18(5-3-4-17-6-10-20(32-2)11-7-17)14-21(24)26(30)25(33(29)31)16-19-8-12-23(28)22(27)15-19/h6-16H,4H2,1-2H3/b25-16+. The summed E-state index contributed by atoms with van der Waals surface area (Å²) in [6.07, 6.45) is 2.03. The monoisotopic (exact) mass is 479 g/mol. The minimum Gasteiger partial charge on any atom is -0.588 e. The van der Waals surface area contributed by atoms with E-state index in [1.807, 2.05) is 24.3 Å². The Balaban J connectivity index is 1.62. The Kier molecular flexibility index (Phi) is 6.75. The summed E-state index contributed by atoms with van der Waals surface area (Å²) < 4.78 is 33.1. The maximum absolute atomic E-state index is 13.5. The van der Waals surface area contributed by atoms with Gasteiger partial charge in [0.2, 0.25) is 10.7 Å². The molecule has 0 spiro atoms. The normalized spacial score (nSPS) is 16.3. The van der Waals surface area contributed by atoms with Crippen molar-refractivity contribution in [3.05, 3.63) is 98.7 Å². The van der Waals surface area contributed by atoms with Gasteiger partial charge in [0.05, 0.1) is 30.4 Å². The molecule has 0 N–H and O–H groups in total. The lowest BCUT2D eigenvalue weighted by Crippen LogP contribution is -2.36. The molecule has 1 atom stereocenters. The average molecular weight is 480 g/mol. The van der Waals surface area contributed by atoms with Gasteiger partial charge in [-0.2, -0.15) is 4.31 Å². The van der Waals surface area contributed by atoms with Crippen LogP contribution in [0.4, 0.5) is 10.1 Å². The Hall–Kier alpha value is -3.24. The summed E-state index contributed by atoms with van der Waals surface area (Å²) in [5, 5.41) is -0.0680. The number of hydrogen-bond acceptors (Lipinski definition) is 4. The second-order valence-electron chi connectivity index (χ2n) is 7.32. The highest BCUT2D eigenvalue weighted by molar-refractivity contribution is 7.97. The molecule has 0 aromatic heterocycles. The van der Waals surface area contributed by atoms with Gasteiger partial charge in [0.15, 0.2) is 0 Å². The van der Waals surface area contributed by atoms with Gasteiger partial charge in [-0.1, -0.05) is 41.6 Å². The third-order valence-electron chi connectivity index (χ3n) is 5.17. The summed E-state index contributed by atoms with van der Waals surface area (Å²) in [6, 6.07) is 17.0. The number of rotatable bonds is 3. The van der Waals surface area contributed by atoms with Crippen molar-refractivity contribution in [2.75, 3.05) is 18.5 Å². The van der Waals surface area contributed by atoms with E-state index in [1.165, 1.54) is 28.6 Å². The number of anilines is 1. The van der Waals surface area contributed by atoms with E-state index in [4.69, 9.17) is 16.3 Å². The number of hydrogen-bond donors (Lipinski definition) is 0. The van der Waals surface area contributed by atoms with Gasteiger partial charge in [0.1, 0.15) is 22.9 Å². The Morgan fingerprint density at radius 1 is 1.15 bits per heavy atom. The molecule has 1 unspecified atom stereocenters. The van der Waals surface area contributed by atoms with E-state index in [0.29, 0.717) is 28.8 Å². The summed E-state index contributed by atoms with van der Waals surface area (Å²) in [7, 11) is 3.27.